The van der Waals surface area contributed by atoms with Crippen molar-refractivity contribution in [2.75, 3.05) is 5.88 Å². The zero-order chi connectivity index (χ0) is 12.4. The summed E-state index contributed by atoms with van der Waals surface area (Å²) >= 11 is 5.57. The maximum absolute atomic E-state index is 14.4. The summed E-state index contributed by atoms with van der Waals surface area (Å²) < 4.78 is 19.5. The van der Waals surface area contributed by atoms with Crippen LogP contribution in [0.5, 0.6) is 0 Å². The fraction of sp³-hybridized carbons (Fsp3) is 0.923. The van der Waals surface area contributed by atoms with Gasteiger partial charge in [0.15, 0.2) is 0 Å². The molecular weight excluding hydrogens is 243 g/mol. The van der Waals surface area contributed by atoms with Gasteiger partial charge in [-0.1, -0.05) is 19.3 Å². The van der Waals surface area contributed by atoms with Crippen molar-refractivity contribution in [3.63, 3.8) is 0 Å². The molecule has 2 nitrogen and oxygen atoms in total. The lowest BCUT2D eigenvalue weighted by atomic mass is 9.71. The van der Waals surface area contributed by atoms with Gasteiger partial charge in [-0.25, -0.2) is 0 Å². The predicted octanol–water partition coefficient (Wildman–Crippen LogP) is 3.96. The molecule has 1 heterocycles. The molecule has 1 saturated carbocycles. The summed E-state index contributed by atoms with van der Waals surface area (Å²) in [5.74, 6) is -1.49. The molecule has 1 spiro atoms. The standard InChI is InChI=1S/C13H20ClFO2/c14-9-5-4-8-13(15)10-12(11(16)17-13)6-2-1-3-7-12/h1-10H2. The number of halogens is 2. The molecule has 0 aromatic rings. The van der Waals surface area contributed by atoms with Crippen molar-refractivity contribution in [3.05, 3.63) is 0 Å². The molecule has 0 radical (unpaired) electrons. The van der Waals surface area contributed by atoms with Gasteiger partial charge in [0.05, 0.1) is 5.41 Å². The van der Waals surface area contributed by atoms with Crippen LogP contribution in [-0.2, 0) is 9.53 Å². The Morgan fingerprint density at radius 3 is 2.59 bits per heavy atom. The molecule has 1 aliphatic carbocycles. The van der Waals surface area contributed by atoms with Crippen LogP contribution in [0.1, 0.15) is 57.8 Å². The zero-order valence-electron chi connectivity index (χ0n) is 10.1. The molecule has 2 aliphatic rings. The molecule has 2 fully saturated rings. The molecule has 98 valence electrons. The van der Waals surface area contributed by atoms with E-state index < -0.39 is 11.3 Å². The first kappa shape index (κ1) is 13.1. The number of hydrogen-bond donors (Lipinski definition) is 0. The third kappa shape index (κ3) is 2.75. The van der Waals surface area contributed by atoms with E-state index in [1.807, 2.05) is 0 Å². The minimum Gasteiger partial charge on any atom is -0.428 e. The fourth-order valence-corrected chi connectivity index (χ4v) is 3.31. The lowest BCUT2D eigenvalue weighted by molar-refractivity contribution is -0.169. The van der Waals surface area contributed by atoms with Crippen LogP contribution in [0.25, 0.3) is 0 Å². The predicted molar refractivity (Wildman–Crippen MR) is 64.6 cm³/mol. The van der Waals surface area contributed by atoms with E-state index in [4.69, 9.17) is 16.3 Å². The third-order valence-electron chi connectivity index (χ3n) is 4.06. The quantitative estimate of drug-likeness (QED) is 0.435. The van der Waals surface area contributed by atoms with Gasteiger partial charge < -0.3 is 4.74 Å². The van der Waals surface area contributed by atoms with E-state index in [-0.39, 0.29) is 12.4 Å². The summed E-state index contributed by atoms with van der Waals surface area (Å²) in [6.07, 6.45) is 6.82. The second-order valence-electron chi connectivity index (χ2n) is 5.44. The molecule has 0 bridgehead atoms. The number of esters is 1. The fourth-order valence-electron chi connectivity index (χ4n) is 3.12. The molecule has 17 heavy (non-hydrogen) atoms. The van der Waals surface area contributed by atoms with Gasteiger partial charge in [0.1, 0.15) is 0 Å². The molecule has 0 N–H and O–H groups in total. The van der Waals surface area contributed by atoms with Crippen LogP contribution in [0.2, 0.25) is 0 Å². The molecule has 1 saturated heterocycles. The molecular formula is C13H20ClFO2. The smallest absolute Gasteiger partial charge is 0.315 e. The largest absolute Gasteiger partial charge is 0.428 e. The summed E-state index contributed by atoms with van der Waals surface area (Å²) in [7, 11) is 0. The average Bonchev–Trinajstić information content (AvgIpc) is 2.52. The first-order valence-electron chi connectivity index (χ1n) is 6.59. The van der Waals surface area contributed by atoms with Crippen molar-refractivity contribution >= 4 is 17.6 Å². The molecule has 1 aliphatic heterocycles. The Balaban J connectivity index is 1.97. The molecule has 1 unspecified atom stereocenters. The highest BCUT2D eigenvalue weighted by Crippen LogP contribution is 2.51. The normalized spacial score (nSPS) is 31.8. The van der Waals surface area contributed by atoms with Crippen molar-refractivity contribution in [2.24, 2.45) is 5.41 Å². The van der Waals surface area contributed by atoms with E-state index in [1.54, 1.807) is 0 Å². The van der Waals surface area contributed by atoms with Crippen LogP contribution < -0.4 is 0 Å². The monoisotopic (exact) mass is 262 g/mol. The second kappa shape index (κ2) is 5.13. The maximum Gasteiger partial charge on any atom is 0.315 e. The van der Waals surface area contributed by atoms with E-state index >= 15 is 0 Å². The summed E-state index contributed by atoms with van der Waals surface area (Å²) in [6.45, 7) is 0. The number of unbranched alkanes of at least 4 members (excludes halogenated alkanes) is 1. The highest BCUT2D eigenvalue weighted by molar-refractivity contribution is 6.17. The van der Waals surface area contributed by atoms with Crippen LogP contribution in [0.3, 0.4) is 0 Å². The van der Waals surface area contributed by atoms with Gasteiger partial charge in [0, 0.05) is 18.7 Å². The Hall–Kier alpha value is -0.310. The third-order valence-corrected chi connectivity index (χ3v) is 4.32. The van der Waals surface area contributed by atoms with Gasteiger partial charge >= 0.3 is 5.97 Å². The summed E-state index contributed by atoms with van der Waals surface area (Å²) in [4.78, 5) is 11.9. The van der Waals surface area contributed by atoms with Gasteiger partial charge in [0.2, 0.25) is 0 Å². The Morgan fingerprint density at radius 2 is 1.94 bits per heavy atom. The van der Waals surface area contributed by atoms with E-state index in [9.17, 15) is 9.18 Å². The number of cyclic esters (lactones) is 1. The molecule has 2 rings (SSSR count). The Labute approximate surface area is 107 Å². The van der Waals surface area contributed by atoms with E-state index in [1.165, 1.54) is 0 Å². The Bertz CT molecular complexity index is 289. The lowest BCUT2D eigenvalue weighted by Crippen LogP contribution is -2.29. The number of ether oxygens (including phenoxy) is 1. The number of rotatable bonds is 4. The van der Waals surface area contributed by atoms with Gasteiger partial charge in [-0.05, 0) is 25.7 Å². The Kier molecular flexibility index (Phi) is 3.96. The van der Waals surface area contributed by atoms with Gasteiger partial charge in [-0.15, -0.1) is 11.6 Å². The van der Waals surface area contributed by atoms with Crippen molar-refractivity contribution < 1.29 is 13.9 Å². The van der Waals surface area contributed by atoms with Crippen molar-refractivity contribution in [2.45, 2.75) is 63.6 Å². The van der Waals surface area contributed by atoms with Crippen LogP contribution in [0.15, 0.2) is 0 Å². The van der Waals surface area contributed by atoms with Crippen LogP contribution in [0, 0.1) is 5.41 Å². The number of alkyl halides is 2. The zero-order valence-corrected chi connectivity index (χ0v) is 10.9. The van der Waals surface area contributed by atoms with Crippen LogP contribution in [0.4, 0.5) is 4.39 Å². The minimum atomic E-state index is -1.72. The molecule has 0 amide bonds. The number of hydrogen-bond acceptors (Lipinski definition) is 2. The van der Waals surface area contributed by atoms with Crippen LogP contribution >= 0.6 is 11.6 Å². The molecule has 0 aromatic heterocycles. The van der Waals surface area contributed by atoms with Gasteiger partial charge in [-0.2, -0.15) is 4.39 Å². The molecule has 0 aromatic carbocycles. The second-order valence-corrected chi connectivity index (χ2v) is 5.81. The average molecular weight is 263 g/mol. The first-order chi connectivity index (χ1) is 8.10. The summed E-state index contributed by atoms with van der Waals surface area (Å²) in [5.41, 5.74) is -0.506. The number of carbonyl (C=O) groups excluding carboxylic acids is 1. The van der Waals surface area contributed by atoms with Gasteiger partial charge in [-0.3, -0.25) is 4.79 Å². The van der Waals surface area contributed by atoms with Crippen molar-refractivity contribution in [1.29, 1.82) is 0 Å². The topological polar surface area (TPSA) is 26.3 Å². The van der Waals surface area contributed by atoms with E-state index in [2.05, 4.69) is 0 Å². The maximum atomic E-state index is 14.4. The van der Waals surface area contributed by atoms with Crippen molar-refractivity contribution in [1.82, 2.24) is 0 Å². The van der Waals surface area contributed by atoms with Crippen molar-refractivity contribution in [3.8, 4) is 0 Å². The Morgan fingerprint density at radius 1 is 1.24 bits per heavy atom. The first-order valence-corrected chi connectivity index (χ1v) is 7.12. The minimum absolute atomic E-state index is 0.265. The van der Waals surface area contributed by atoms with Gasteiger partial charge in [0.25, 0.3) is 5.85 Å². The highest BCUT2D eigenvalue weighted by atomic mass is 35.5. The summed E-state index contributed by atoms with van der Waals surface area (Å²) in [5, 5.41) is 0. The number of carbonyl (C=O) groups is 1. The van der Waals surface area contributed by atoms with E-state index in [0.29, 0.717) is 18.7 Å². The SMILES string of the molecule is O=C1OC(F)(CCCCCl)CC12CCCCC2. The molecule has 4 heteroatoms. The van der Waals surface area contributed by atoms with Crippen LogP contribution in [-0.4, -0.2) is 17.7 Å². The lowest BCUT2D eigenvalue weighted by Gasteiger charge is -2.29. The molecule has 1 atom stereocenters. The summed E-state index contributed by atoms with van der Waals surface area (Å²) in [6, 6.07) is 0. The van der Waals surface area contributed by atoms with E-state index in [0.717, 1.165) is 38.5 Å². The highest BCUT2D eigenvalue weighted by Gasteiger charge is 2.56.